The number of rotatable bonds is 6. The van der Waals surface area contributed by atoms with Gasteiger partial charge in [0.05, 0.1) is 18.8 Å². The van der Waals surface area contributed by atoms with Crippen LogP contribution in [-0.2, 0) is 17.9 Å². The maximum Gasteiger partial charge on any atom is 0.573 e. The summed E-state index contributed by atoms with van der Waals surface area (Å²) in [6.45, 7) is 0.803. The Balaban J connectivity index is 0.00000338. The lowest BCUT2D eigenvalue weighted by molar-refractivity contribution is -0.274. The lowest BCUT2D eigenvalue weighted by atomic mass is 10.1. The first-order chi connectivity index (χ1) is 11.9. The van der Waals surface area contributed by atoms with Crippen molar-refractivity contribution >= 4 is 35.6 Å². The number of nitrogens with zero attached hydrogens (tertiary/aromatic N) is 1. The van der Waals surface area contributed by atoms with Crippen LogP contribution in [0.5, 0.6) is 5.75 Å². The molecule has 0 spiro atoms. The molecular formula is C17H19F3IN3O2. The van der Waals surface area contributed by atoms with Crippen molar-refractivity contribution in [1.82, 2.24) is 0 Å². The molecule has 0 aliphatic carbocycles. The van der Waals surface area contributed by atoms with Gasteiger partial charge in [-0.15, -0.1) is 37.1 Å². The van der Waals surface area contributed by atoms with Gasteiger partial charge in [-0.2, -0.15) is 0 Å². The molecular weight excluding hydrogens is 462 g/mol. The fraction of sp³-hybridized carbons (Fsp3) is 0.235. The number of halogens is 4. The van der Waals surface area contributed by atoms with Gasteiger partial charge in [-0.05, 0) is 23.3 Å². The Hall–Kier alpha value is -2.01. The van der Waals surface area contributed by atoms with Crippen molar-refractivity contribution in [2.45, 2.75) is 19.5 Å². The summed E-state index contributed by atoms with van der Waals surface area (Å²) in [5.74, 6) is -0.392. The summed E-state index contributed by atoms with van der Waals surface area (Å²) in [6.07, 6.45) is -4.78. The summed E-state index contributed by atoms with van der Waals surface area (Å²) in [6, 6.07) is 13.2. The predicted octanol–water partition coefficient (Wildman–Crippen LogP) is 4.28. The van der Waals surface area contributed by atoms with Crippen LogP contribution in [0.3, 0.4) is 0 Å². The number of methoxy groups -OCH3 is 1. The highest BCUT2D eigenvalue weighted by Crippen LogP contribution is 2.29. The first-order valence-electron chi connectivity index (χ1n) is 7.36. The molecule has 0 aromatic heterocycles. The number of nitrogens with one attached hydrogen (secondary N) is 1. The second-order valence-corrected chi connectivity index (χ2v) is 5.12. The minimum Gasteiger partial charge on any atom is -0.404 e. The number of hydrogen-bond acceptors (Lipinski definition) is 3. The normalized spacial score (nSPS) is 11.6. The van der Waals surface area contributed by atoms with Crippen molar-refractivity contribution in [2.24, 2.45) is 10.7 Å². The summed E-state index contributed by atoms with van der Waals surface area (Å²) in [7, 11) is 1.62. The molecule has 9 heteroatoms. The van der Waals surface area contributed by atoms with E-state index in [0.717, 1.165) is 11.1 Å². The highest BCUT2D eigenvalue weighted by molar-refractivity contribution is 14.0. The Morgan fingerprint density at radius 3 is 2.31 bits per heavy atom. The zero-order valence-electron chi connectivity index (χ0n) is 13.9. The molecule has 0 fully saturated rings. The topological polar surface area (TPSA) is 68.9 Å². The van der Waals surface area contributed by atoms with Gasteiger partial charge in [0.15, 0.2) is 11.7 Å². The van der Waals surface area contributed by atoms with Crippen LogP contribution in [0.2, 0.25) is 0 Å². The third kappa shape index (κ3) is 7.48. The van der Waals surface area contributed by atoms with Crippen LogP contribution >= 0.6 is 24.0 Å². The average molecular weight is 481 g/mol. The maximum absolute atomic E-state index is 12.4. The molecule has 142 valence electrons. The molecule has 3 N–H and O–H groups in total. The molecule has 0 bridgehead atoms. The van der Waals surface area contributed by atoms with E-state index in [1.165, 1.54) is 18.2 Å². The van der Waals surface area contributed by atoms with Gasteiger partial charge in [0.1, 0.15) is 0 Å². The third-order valence-electron chi connectivity index (χ3n) is 3.14. The van der Waals surface area contributed by atoms with E-state index in [4.69, 9.17) is 10.5 Å². The Kier molecular flexibility index (Phi) is 8.66. The van der Waals surface area contributed by atoms with Crippen molar-refractivity contribution in [3.05, 3.63) is 59.7 Å². The Bertz CT molecular complexity index is 722. The number of nitrogens with two attached hydrogens (primary N) is 1. The zero-order valence-corrected chi connectivity index (χ0v) is 16.2. The van der Waals surface area contributed by atoms with Gasteiger partial charge < -0.3 is 20.5 Å². The molecule has 0 amide bonds. The fourth-order valence-corrected chi connectivity index (χ4v) is 2.05. The monoisotopic (exact) mass is 481 g/mol. The number of ether oxygens (including phenoxy) is 2. The van der Waals surface area contributed by atoms with Gasteiger partial charge in [0.2, 0.25) is 0 Å². The van der Waals surface area contributed by atoms with E-state index in [9.17, 15) is 13.2 Å². The molecule has 0 radical (unpaired) electrons. The SMILES string of the molecule is COCc1ccc(CN=C(N)Nc2ccccc2OC(F)(F)F)cc1.I. The molecule has 0 aliphatic rings. The quantitative estimate of drug-likeness (QED) is 0.368. The minimum atomic E-state index is -4.78. The summed E-state index contributed by atoms with van der Waals surface area (Å²) >= 11 is 0. The molecule has 2 rings (SSSR count). The van der Waals surface area contributed by atoms with E-state index in [2.05, 4.69) is 15.0 Å². The zero-order chi connectivity index (χ0) is 18.3. The van der Waals surface area contributed by atoms with Crippen molar-refractivity contribution in [3.63, 3.8) is 0 Å². The number of guanidine groups is 1. The van der Waals surface area contributed by atoms with Crippen LogP contribution in [0.1, 0.15) is 11.1 Å². The number of alkyl halides is 3. The first kappa shape index (κ1) is 22.0. The van der Waals surface area contributed by atoms with Crippen molar-refractivity contribution in [1.29, 1.82) is 0 Å². The lowest BCUT2D eigenvalue weighted by Crippen LogP contribution is -2.24. The van der Waals surface area contributed by atoms with Gasteiger partial charge in [0, 0.05) is 7.11 Å². The Morgan fingerprint density at radius 2 is 1.69 bits per heavy atom. The van der Waals surface area contributed by atoms with Gasteiger partial charge in [-0.1, -0.05) is 36.4 Å². The summed E-state index contributed by atoms with van der Waals surface area (Å²) < 4.78 is 46.2. The lowest BCUT2D eigenvalue weighted by Gasteiger charge is -2.14. The van der Waals surface area contributed by atoms with Crippen molar-refractivity contribution in [3.8, 4) is 5.75 Å². The number of hydrogen-bond donors (Lipinski definition) is 2. The van der Waals surface area contributed by atoms with Gasteiger partial charge in [-0.25, -0.2) is 4.99 Å². The van der Waals surface area contributed by atoms with Crippen LogP contribution in [-0.4, -0.2) is 19.4 Å². The van der Waals surface area contributed by atoms with E-state index in [-0.39, 0.29) is 47.9 Å². The van der Waals surface area contributed by atoms with Crippen LogP contribution in [0, 0.1) is 0 Å². The smallest absolute Gasteiger partial charge is 0.404 e. The van der Waals surface area contributed by atoms with Crippen molar-refractivity contribution < 1.29 is 22.6 Å². The van der Waals surface area contributed by atoms with Crippen LogP contribution < -0.4 is 15.8 Å². The van der Waals surface area contributed by atoms with E-state index in [0.29, 0.717) is 6.61 Å². The molecule has 0 saturated heterocycles. The molecule has 5 nitrogen and oxygen atoms in total. The van der Waals surface area contributed by atoms with E-state index in [1.54, 1.807) is 13.2 Å². The number of para-hydroxylation sites is 2. The molecule has 2 aromatic rings. The number of benzene rings is 2. The molecule has 0 atom stereocenters. The van der Waals surface area contributed by atoms with E-state index in [1.807, 2.05) is 24.3 Å². The van der Waals surface area contributed by atoms with E-state index < -0.39 is 6.36 Å². The molecule has 0 aliphatic heterocycles. The summed E-state index contributed by atoms with van der Waals surface area (Å²) in [5.41, 5.74) is 7.76. The van der Waals surface area contributed by atoms with Crippen molar-refractivity contribution in [2.75, 3.05) is 12.4 Å². The molecule has 0 heterocycles. The number of anilines is 1. The third-order valence-corrected chi connectivity index (χ3v) is 3.14. The van der Waals surface area contributed by atoms with Crippen LogP contribution in [0.4, 0.5) is 18.9 Å². The first-order valence-corrected chi connectivity index (χ1v) is 7.36. The average Bonchev–Trinajstić information content (AvgIpc) is 2.55. The Labute approximate surface area is 166 Å². The van der Waals surface area contributed by atoms with Gasteiger partial charge in [-0.3, -0.25) is 0 Å². The van der Waals surface area contributed by atoms with Crippen LogP contribution in [0.25, 0.3) is 0 Å². The second kappa shape index (κ2) is 10.2. The van der Waals surface area contributed by atoms with E-state index >= 15 is 0 Å². The summed E-state index contributed by atoms with van der Waals surface area (Å²) in [4.78, 5) is 4.12. The molecule has 0 unspecified atom stereocenters. The largest absolute Gasteiger partial charge is 0.573 e. The second-order valence-electron chi connectivity index (χ2n) is 5.12. The van der Waals surface area contributed by atoms with Gasteiger partial charge >= 0.3 is 6.36 Å². The highest BCUT2D eigenvalue weighted by Gasteiger charge is 2.32. The fourth-order valence-electron chi connectivity index (χ4n) is 2.05. The Morgan fingerprint density at radius 1 is 1.08 bits per heavy atom. The molecule has 0 saturated carbocycles. The standard InChI is InChI=1S/C17H18F3N3O2.HI/c1-24-11-13-8-6-12(7-9-13)10-22-16(21)23-14-4-2-3-5-15(14)25-17(18,19)20;/h2-9H,10-11H2,1H3,(H3,21,22,23);1H. The number of aliphatic imine (C=N–C) groups is 1. The van der Waals surface area contributed by atoms with Gasteiger partial charge in [0.25, 0.3) is 0 Å². The minimum absolute atomic E-state index is 0. The predicted molar refractivity (Wildman–Crippen MR) is 105 cm³/mol. The highest BCUT2D eigenvalue weighted by atomic mass is 127. The summed E-state index contributed by atoms with van der Waals surface area (Å²) in [5, 5.41) is 2.62. The maximum atomic E-state index is 12.4. The molecule has 26 heavy (non-hydrogen) atoms. The molecule has 2 aromatic carbocycles. The van der Waals surface area contributed by atoms with Crippen LogP contribution in [0.15, 0.2) is 53.5 Å².